The summed E-state index contributed by atoms with van der Waals surface area (Å²) in [6, 6.07) is 1.50. The van der Waals surface area contributed by atoms with Crippen molar-refractivity contribution in [3.63, 3.8) is 0 Å². The lowest BCUT2D eigenvalue weighted by Gasteiger charge is -2.16. The molecule has 15 heavy (non-hydrogen) atoms. The molecule has 0 fully saturated rings. The number of rotatable bonds is 4. The van der Waals surface area contributed by atoms with Crippen LogP contribution in [0.4, 0.5) is 0 Å². The van der Waals surface area contributed by atoms with Crippen LogP contribution < -0.4 is 5.73 Å². The fourth-order valence-corrected chi connectivity index (χ4v) is 1.16. The molecule has 1 heterocycles. The Hall–Kier alpha value is -1.30. The summed E-state index contributed by atoms with van der Waals surface area (Å²) < 4.78 is 0. The van der Waals surface area contributed by atoms with Crippen LogP contribution in [0.3, 0.4) is 0 Å². The van der Waals surface area contributed by atoms with Crippen molar-refractivity contribution in [3.05, 3.63) is 29.6 Å². The number of Topliss-reactive ketones (excluding diaryl/α,β-unsaturated/α-hetero) is 1. The molecule has 0 aliphatic rings. The molecule has 5 nitrogen and oxygen atoms in total. The van der Waals surface area contributed by atoms with Crippen molar-refractivity contribution in [3.8, 4) is 0 Å². The van der Waals surface area contributed by atoms with Gasteiger partial charge in [0, 0.05) is 30.1 Å². The Morgan fingerprint density at radius 3 is 2.73 bits per heavy atom. The maximum atomic E-state index is 11.1. The largest absolute Gasteiger partial charge is 0.389 e. The zero-order valence-electron chi connectivity index (χ0n) is 8.42. The lowest BCUT2D eigenvalue weighted by Crippen LogP contribution is -2.27. The number of nitrogens with zero attached hydrogens (tertiary/aromatic N) is 1. The van der Waals surface area contributed by atoms with E-state index in [0.717, 1.165) is 0 Å². The van der Waals surface area contributed by atoms with Crippen LogP contribution in [0.5, 0.6) is 0 Å². The molecule has 2 atom stereocenters. The van der Waals surface area contributed by atoms with E-state index in [1.165, 1.54) is 25.4 Å². The van der Waals surface area contributed by atoms with Gasteiger partial charge in [-0.3, -0.25) is 9.78 Å². The molecule has 0 saturated heterocycles. The highest BCUT2D eigenvalue weighted by Crippen LogP contribution is 2.16. The fourth-order valence-electron chi connectivity index (χ4n) is 1.16. The summed E-state index contributed by atoms with van der Waals surface area (Å²) in [6.07, 6.45) is 0.652. The summed E-state index contributed by atoms with van der Waals surface area (Å²) in [6.45, 7) is 1.36. The van der Waals surface area contributed by atoms with Gasteiger partial charge in [-0.1, -0.05) is 0 Å². The van der Waals surface area contributed by atoms with E-state index in [2.05, 4.69) is 4.98 Å². The van der Waals surface area contributed by atoms with Gasteiger partial charge in [0.1, 0.15) is 6.10 Å². The van der Waals surface area contributed by atoms with Crippen molar-refractivity contribution in [2.24, 2.45) is 5.73 Å². The van der Waals surface area contributed by atoms with Gasteiger partial charge in [0.2, 0.25) is 0 Å². The van der Waals surface area contributed by atoms with Gasteiger partial charge in [0.05, 0.1) is 6.10 Å². The number of carbonyl (C=O) groups is 1. The lowest BCUT2D eigenvalue weighted by molar-refractivity contribution is 0.0241. The van der Waals surface area contributed by atoms with E-state index >= 15 is 0 Å². The second-order valence-electron chi connectivity index (χ2n) is 3.31. The smallest absolute Gasteiger partial charge is 0.161 e. The van der Waals surface area contributed by atoms with E-state index in [-0.39, 0.29) is 12.3 Å². The minimum absolute atomic E-state index is 0.0501. The molecule has 0 bridgehead atoms. The zero-order chi connectivity index (χ0) is 11.4. The maximum absolute atomic E-state index is 11.1. The summed E-state index contributed by atoms with van der Waals surface area (Å²) in [7, 11) is 0. The molecule has 1 aromatic heterocycles. The highest BCUT2D eigenvalue weighted by molar-refractivity contribution is 5.93. The Morgan fingerprint density at radius 2 is 2.20 bits per heavy atom. The summed E-state index contributed by atoms with van der Waals surface area (Å²) in [5, 5.41) is 18.9. The topological polar surface area (TPSA) is 96.4 Å². The molecule has 0 radical (unpaired) electrons. The van der Waals surface area contributed by atoms with Crippen LogP contribution in [0.25, 0.3) is 0 Å². The minimum atomic E-state index is -1.11. The number of nitrogens with two attached hydrogens (primary N) is 1. The molecule has 0 spiro atoms. The van der Waals surface area contributed by atoms with Crippen LogP contribution in [0.2, 0.25) is 0 Å². The van der Waals surface area contributed by atoms with Crippen LogP contribution in [0.1, 0.15) is 28.9 Å². The Morgan fingerprint density at radius 1 is 1.53 bits per heavy atom. The number of aliphatic hydroxyl groups excluding tert-OH is 2. The van der Waals surface area contributed by atoms with Gasteiger partial charge in [-0.15, -0.1) is 0 Å². The molecule has 1 aromatic rings. The van der Waals surface area contributed by atoms with E-state index in [1.807, 2.05) is 0 Å². The first-order valence-corrected chi connectivity index (χ1v) is 4.58. The van der Waals surface area contributed by atoms with Crippen molar-refractivity contribution in [2.75, 3.05) is 6.54 Å². The van der Waals surface area contributed by atoms with E-state index in [4.69, 9.17) is 5.73 Å². The predicted molar refractivity (Wildman–Crippen MR) is 54.3 cm³/mol. The Labute approximate surface area is 87.6 Å². The van der Waals surface area contributed by atoms with Crippen molar-refractivity contribution < 1.29 is 15.0 Å². The SMILES string of the molecule is CC(=O)c1cncc(C(O)C(O)CN)c1. The minimum Gasteiger partial charge on any atom is -0.389 e. The van der Waals surface area contributed by atoms with Gasteiger partial charge in [-0.05, 0) is 13.0 Å². The normalized spacial score (nSPS) is 14.7. The first-order chi connectivity index (χ1) is 7.06. The van der Waals surface area contributed by atoms with Gasteiger partial charge in [0.25, 0.3) is 0 Å². The molecule has 0 amide bonds. The summed E-state index contributed by atoms with van der Waals surface area (Å²) >= 11 is 0. The molecule has 1 rings (SSSR count). The molecule has 0 aliphatic carbocycles. The van der Waals surface area contributed by atoms with Crippen LogP contribution in [0, 0.1) is 0 Å². The van der Waals surface area contributed by atoms with E-state index < -0.39 is 12.2 Å². The van der Waals surface area contributed by atoms with Crippen LogP contribution >= 0.6 is 0 Å². The number of carbonyl (C=O) groups excluding carboxylic acids is 1. The van der Waals surface area contributed by atoms with Crippen LogP contribution in [-0.2, 0) is 0 Å². The zero-order valence-corrected chi connectivity index (χ0v) is 8.42. The molecule has 4 N–H and O–H groups in total. The number of aliphatic hydroxyl groups is 2. The third-order valence-electron chi connectivity index (χ3n) is 2.11. The van der Waals surface area contributed by atoms with E-state index in [0.29, 0.717) is 11.1 Å². The second-order valence-corrected chi connectivity index (χ2v) is 3.31. The fraction of sp³-hybridized carbons (Fsp3) is 0.400. The molecule has 0 aromatic carbocycles. The second kappa shape index (κ2) is 4.97. The lowest BCUT2D eigenvalue weighted by atomic mass is 10.0. The first kappa shape index (κ1) is 11.8. The summed E-state index contributed by atoms with van der Waals surface area (Å²) in [5.41, 5.74) is 6.00. The highest BCUT2D eigenvalue weighted by atomic mass is 16.3. The molecular formula is C10H14N2O3. The quantitative estimate of drug-likeness (QED) is 0.589. The van der Waals surface area contributed by atoms with Crippen LogP contribution in [0.15, 0.2) is 18.5 Å². The van der Waals surface area contributed by atoms with E-state index in [1.54, 1.807) is 0 Å². The van der Waals surface area contributed by atoms with Gasteiger partial charge >= 0.3 is 0 Å². The first-order valence-electron chi connectivity index (χ1n) is 4.58. The van der Waals surface area contributed by atoms with Gasteiger partial charge in [-0.2, -0.15) is 0 Å². The Bertz CT molecular complexity index is 354. The Balaban J connectivity index is 2.94. The van der Waals surface area contributed by atoms with Crippen LogP contribution in [-0.4, -0.2) is 33.6 Å². The van der Waals surface area contributed by atoms with Crippen molar-refractivity contribution >= 4 is 5.78 Å². The standard InChI is InChI=1S/C10H14N2O3/c1-6(13)7-2-8(5-12-4-7)10(15)9(14)3-11/h2,4-5,9-10,14-15H,3,11H2,1H3. The number of pyridine rings is 1. The van der Waals surface area contributed by atoms with E-state index in [9.17, 15) is 15.0 Å². The van der Waals surface area contributed by atoms with Gasteiger partial charge < -0.3 is 15.9 Å². The average molecular weight is 210 g/mol. The van der Waals surface area contributed by atoms with Crippen molar-refractivity contribution in [1.82, 2.24) is 4.98 Å². The molecule has 5 heteroatoms. The number of ketones is 1. The highest BCUT2D eigenvalue weighted by Gasteiger charge is 2.17. The van der Waals surface area contributed by atoms with Gasteiger partial charge in [0.15, 0.2) is 5.78 Å². The summed E-state index contributed by atoms with van der Waals surface area (Å²) in [4.78, 5) is 14.9. The average Bonchev–Trinajstić information content (AvgIpc) is 2.27. The Kier molecular flexibility index (Phi) is 3.90. The molecule has 0 saturated carbocycles. The molecular weight excluding hydrogens is 196 g/mol. The van der Waals surface area contributed by atoms with Gasteiger partial charge in [-0.25, -0.2) is 0 Å². The molecule has 82 valence electrons. The molecule has 0 aliphatic heterocycles. The third kappa shape index (κ3) is 2.82. The monoisotopic (exact) mass is 210 g/mol. The van der Waals surface area contributed by atoms with Crippen molar-refractivity contribution in [2.45, 2.75) is 19.1 Å². The third-order valence-corrected chi connectivity index (χ3v) is 2.11. The summed E-state index contributed by atoms with van der Waals surface area (Å²) in [5.74, 6) is -0.140. The maximum Gasteiger partial charge on any atom is 0.161 e. The molecule has 2 unspecified atom stereocenters. The van der Waals surface area contributed by atoms with Crippen molar-refractivity contribution in [1.29, 1.82) is 0 Å². The number of hydrogen-bond acceptors (Lipinski definition) is 5. The number of hydrogen-bond donors (Lipinski definition) is 3. The number of aromatic nitrogens is 1. The predicted octanol–water partition coefficient (Wildman–Crippen LogP) is -0.363.